The Morgan fingerprint density at radius 1 is 1.14 bits per heavy atom. The normalized spacial score (nSPS) is 18.0. The van der Waals surface area contributed by atoms with Gasteiger partial charge in [0.25, 0.3) is 0 Å². The first-order valence-electron chi connectivity index (χ1n) is 7.41. The number of piperazine rings is 1. The minimum atomic E-state index is -2.87. The quantitative estimate of drug-likeness (QED) is 0.847. The Morgan fingerprint density at radius 2 is 1.81 bits per heavy atom. The highest BCUT2D eigenvalue weighted by molar-refractivity contribution is 7.91. The summed E-state index contributed by atoms with van der Waals surface area (Å²) in [5, 5.41) is 9.47. The number of hydrogen-bond donors (Lipinski definition) is 1. The fraction of sp³-hybridized carbons (Fsp3) is 0.600. The molecule has 0 bridgehead atoms. The van der Waals surface area contributed by atoms with Gasteiger partial charge >= 0.3 is 0 Å². The zero-order chi connectivity index (χ0) is 15.3. The van der Waals surface area contributed by atoms with Crippen LogP contribution in [0.3, 0.4) is 0 Å². The first-order valence-corrected chi connectivity index (χ1v) is 9.24. The van der Waals surface area contributed by atoms with E-state index in [0.29, 0.717) is 12.3 Å². The largest absolute Gasteiger partial charge is 0.508 e. The number of aromatic hydroxyl groups is 1. The van der Waals surface area contributed by atoms with E-state index in [4.69, 9.17) is 0 Å². The number of nitrogens with zero attached hydrogens (tertiary/aromatic N) is 2. The van der Waals surface area contributed by atoms with E-state index in [1.165, 1.54) is 0 Å². The van der Waals surface area contributed by atoms with E-state index < -0.39 is 9.84 Å². The SMILES string of the molecule is CCS(=O)(=O)CCN1CCN(Cc2cccc(O)c2)CC1. The average molecular weight is 312 g/mol. The molecule has 1 fully saturated rings. The van der Waals surface area contributed by atoms with Crippen molar-refractivity contribution in [2.75, 3.05) is 44.2 Å². The van der Waals surface area contributed by atoms with Gasteiger partial charge in [0.15, 0.2) is 9.84 Å². The third-order valence-electron chi connectivity index (χ3n) is 3.94. The van der Waals surface area contributed by atoms with Crippen LogP contribution in [0, 0.1) is 0 Å². The van der Waals surface area contributed by atoms with E-state index in [0.717, 1.165) is 38.3 Å². The molecule has 0 radical (unpaired) electrons. The summed E-state index contributed by atoms with van der Waals surface area (Å²) in [4.78, 5) is 4.55. The maximum Gasteiger partial charge on any atom is 0.151 e. The van der Waals surface area contributed by atoms with Crippen molar-refractivity contribution >= 4 is 9.84 Å². The van der Waals surface area contributed by atoms with Gasteiger partial charge in [-0.2, -0.15) is 0 Å². The number of hydrogen-bond acceptors (Lipinski definition) is 5. The van der Waals surface area contributed by atoms with Gasteiger partial charge in [0, 0.05) is 45.0 Å². The van der Waals surface area contributed by atoms with Gasteiger partial charge in [0.1, 0.15) is 5.75 Å². The second-order valence-electron chi connectivity index (χ2n) is 5.52. The molecule has 0 saturated carbocycles. The molecule has 2 rings (SSSR count). The molecule has 0 atom stereocenters. The van der Waals surface area contributed by atoms with Crippen molar-refractivity contribution in [3.8, 4) is 5.75 Å². The third kappa shape index (κ3) is 5.30. The molecule has 1 heterocycles. The van der Waals surface area contributed by atoms with Gasteiger partial charge < -0.3 is 5.11 Å². The first-order chi connectivity index (χ1) is 9.98. The third-order valence-corrected chi connectivity index (χ3v) is 5.62. The van der Waals surface area contributed by atoms with E-state index in [-0.39, 0.29) is 11.5 Å². The second-order valence-corrected chi connectivity index (χ2v) is 8.00. The summed E-state index contributed by atoms with van der Waals surface area (Å²) in [5.41, 5.74) is 1.11. The molecule has 1 aromatic carbocycles. The number of phenolic OH excluding ortho intramolecular Hbond substituents is 1. The highest BCUT2D eigenvalue weighted by Gasteiger charge is 2.18. The zero-order valence-corrected chi connectivity index (χ0v) is 13.3. The van der Waals surface area contributed by atoms with Crippen LogP contribution in [0.2, 0.25) is 0 Å². The lowest BCUT2D eigenvalue weighted by molar-refractivity contribution is 0.132. The van der Waals surface area contributed by atoms with E-state index in [1.54, 1.807) is 19.1 Å². The predicted molar refractivity (Wildman–Crippen MR) is 84.2 cm³/mol. The van der Waals surface area contributed by atoms with Crippen LogP contribution in [-0.4, -0.2) is 67.6 Å². The van der Waals surface area contributed by atoms with Gasteiger partial charge in [0.2, 0.25) is 0 Å². The molecule has 1 aliphatic heterocycles. The standard InChI is InChI=1S/C15H24N2O3S/c1-2-21(19,20)11-10-16-6-8-17(9-7-16)13-14-4-3-5-15(18)12-14/h3-5,12,18H,2,6-11,13H2,1H3. The maximum atomic E-state index is 11.5. The molecule has 0 spiro atoms. The van der Waals surface area contributed by atoms with Crippen molar-refractivity contribution < 1.29 is 13.5 Å². The molecule has 0 aromatic heterocycles. The van der Waals surface area contributed by atoms with E-state index in [1.807, 2.05) is 12.1 Å². The summed E-state index contributed by atoms with van der Waals surface area (Å²) in [6.07, 6.45) is 0. The summed E-state index contributed by atoms with van der Waals surface area (Å²) in [6, 6.07) is 7.34. The van der Waals surface area contributed by atoms with Gasteiger partial charge in [-0.15, -0.1) is 0 Å². The molecule has 0 amide bonds. The lowest BCUT2D eigenvalue weighted by Gasteiger charge is -2.34. The number of rotatable bonds is 6. The summed E-state index contributed by atoms with van der Waals surface area (Å²) in [5.74, 6) is 0.788. The fourth-order valence-corrected chi connectivity index (χ4v) is 3.32. The van der Waals surface area contributed by atoms with Crippen LogP contribution in [0.5, 0.6) is 5.75 Å². The highest BCUT2D eigenvalue weighted by Crippen LogP contribution is 2.14. The summed E-state index contributed by atoms with van der Waals surface area (Å²) in [6.45, 7) is 6.83. The molecule has 1 saturated heterocycles. The van der Waals surface area contributed by atoms with Crippen molar-refractivity contribution in [3.05, 3.63) is 29.8 Å². The minimum absolute atomic E-state index is 0.227. The van der Waals surface area contributed by atoms with Crippen LogP contribution in [0.4, 0.5) is 0 Å². The highest BCUT2D eigenvalue weighted by atomic mass is 32.2. The average Bonchev–Trinajstić information content (AvgIpc) is 2.47. The maximum absolute atomic E-state index is 11.5. The first kappa shape index (κ1) is 16.3. The van der Waals surface area contributed by atoms with E-state index in [9.17, 15) is 13.5 Å². The molecule has 1 N–H and O–H groups in total. The van der Waals surface area contributed by atoms with E-state index >= 15 is 0 Å². The van der Waals surface area contributed by atoms with Gasteiger partial charge in [-0.3, -0.25) is 9.80 Å². The molecular formula is C15H24N2O3S. The Morgan fingerprint density at radius 3 is 2.43 bits per heavy atom. The Kier molecular flexibility index (Phi) is 5.61. The van der Waals surface area contributed by atoms with Gasteiger partial charge in [0.05, 0.1) is 5.75 Å². The molecule has 1 aromatic rings. The molecular weight excluding hydrogens is 288 g/mol. The Hall–Kier alpha value is -1.11. The van der Waals surface area contributed by atoms with Crippen LogP contribution in [0.25, 0.3) is 0 Å². The van der Waals surface area contributed by atoms with Crippen LogP contribution in [0.15, 0.2) is 24.3 Å². The predicted octanol–water partition coefficient (Wildman–Crippen LogP) is 0.944. The molecule has 0 unspecified atom stereocenters. The van der Waals surface area contributed by atoms with E-state index in [2.05, 4.69) is 9.80 Å². The topological polar surface area (TPSA) is 60.9 Å². The summed E-state index contributed by atoms with van der Waals surface area (Å²) >= 11 is 0. The molecule has 5 nitrogen and oxygen atoms in total. The lowest BCUT2D eigenvalue weighted by atomic mass is 10.2. The molecule has 21 heavy (non-hydrogen) atoms. The molecule has 118 valence electrons. The summed E-state index contributed by atoms with van der Waals surface area (Å²) in [7, 11) is -2.87. The minimum Gasteiger partial charge on any atom is -0.508 e. The summed E-state index contributed by atoms with van der Waals surface area (Å²) < 4.78 is 23.0. The Labute approximate surface area is 127 Å². The number of benzene rings is 1. The van der Waals surface area contributed by atoms with Gasteiger partial charge in [-0.1, -0.05) is 19.1 Å². The Bertz CT molecular complexity index is 552. The smallest absolute Gasteiger partial charge is 0.151 e. The van der Waals surface area contributed by atoms with Crippen molar-refractivity contribution in [1.29, 1.82) is 0 Å². The zero-order valence-electron chi connectivity index (χ0n) is 12.5. The Balaban J connectivity index is 1.76. The van der Waals surface area contributed by atoms with Crippen molar-refractivity contribution in [2.24, 2.45) is 0 Å². The second kappa shape index (κ2) is 7.24. The number of phenols is 1. The van der Waals surface area contributed by atoms with Crippen LogP contribution in [-0.2, 0) is 16.4 Å². The van der Waals surface area contributed by atoms with Gasteiger partial charge in [-0.05, 0) is 17.7 Å². The van der Waals surface area contributed by atoms with Crippen LogP contribution >= 0.6 is 0 Å². The number of sulfone groups is 1. The van der Waals surface area contributed by atoms with Crippen LogP contribution < -0.4 is 0 Å². The molecule has 6 heteroatoms. The molecule has 1 aliphatic rings. The fourth-order valence-electron chi connectivity index (χ4n) is 2.50. The lowest BCUT2D eigenvalue weighted by Crippen LogP contribution is -2.47. The van der Waals surface area contributed by atoms with Crippen molar-refractivity contribution in [1.82, 2.24) is 9.80 Å². The molecule has 0 aliphatic carbocycles. The van der Waals surface area contributed by atoms with Crippen molar-refractivity contribution in [3.63, 3.8) is 0 Å². The van der Waals surface area contributed by atoms with Gasteiger partial charge in [-0.25, -0.2) is 8.42 Å². The van der Waals surface area contributed by atoms with Crippen molar-refractivity contribution in [2.45, 2.75) is 13.5 Å². The van der Waals surface area contributed by atoms with Crippen LogP contribution in [0.1, 0.15) is 12.5 Å². The monoisotopic (exact) mass is 312 g/mol.